The Morgan fingerprint density at radius 2 is 1.73 bits per heavy atom. The number of carboxylic acid groups (broad SMARTS) is 1. The van der Waals surface area contributed by atoms with Crippen LogP contribution in [-0.2, 0) is 19.1 Å². The topological polar surface area (TPSA) is 182 Å². The third-order valence-electron chi connectivity index (χ3n) is 5.79. The molecule has 2 heterocycles. The molecule has 0 spiro atoms. The van der Waals surface area contributed by atoms with Crippen molar-refractivity contribution < 1.29 is 53.4 Å². The number of carbonyl (C=O) groups excluding carboxylic acids is 1. The molecule has 5 atom stereocenters. The van der Waals surface area contributed by atoms with Crippen molar-refractivity contribution in [1.82, 2.24) is 0 Å². The predicted octanol–water partition coefficient (Wildman–Crippen LogP) is 0.673. The van der Waals surface area contributed by atoms with Crippen molar-refractivity contribution in [2.24, 2.45) is 0 Å². The highest BCUT2D eigenvalue weighted by atomic mass is 16.7. The minimum Gasteiger partial charge on any atom is -0.497 e. The maximum Gasteiger partial charge on any atom is 0.317 e. The van der Waals surface area contributed by atoms with Crippen LogP contribution in [0.5, 0.6) is 11.5 Å². The smallest absolute Gasteiger partial charge is 0.317 e. The number of ether oxygens (including phenoxy) is 4. The Balaban J connectivity index is 1.61. The fourth-order valence-electron chi connectivity index (χ4n) is 3.88. The van der Waals surface area contributed by atoms with Crippen molar-refractivity contribution in [1.29, 1.82) is 0 Å². The molecule has 1 fully saturated rings. The van der Waals surface area contributed by atoms with Crippen LogP contribution in [0.1, 0.15) is 6.42 Å². The second kappa shape index (κ2) is 11.0. The van der Waals surface area contributed by atoms with E-state index in [-0.39, 0.29) is 22.1 Å². The molecule has 37 heavy (non-hydrogen) atoms. The first-order chi connectivity index (χ1) is 17.7. The lowest BCUT2D eigenvalue weighted by Gasteiger charge is -2.41. The molecule has 0 saturated carbocycles. The van der Waals surface area contributed by atoms with E-state index in [0.29, 0.717) is 16.9 Å². The summed E-state index contributed by atoms with van der Waals surface area (Å²) in [6.07, 6.45) is -7.52. The number of aliphatic carboxylic acids is 1. The van der Waals surface area contributed by atoms with Crippen molar-refractivity contribution in [2.45, 2.75) is 37.1 Å². The van der Waals surface area contributed by atoms with Crippen LogP contribution in [0.4, 0.5) is 0 Å². The van der Waals surface area contributed by atoms with Crippen LogP contribution in [0.2, 0.25) is 0 Å². The largest absolute Gasteiger partial charge is 0.497 e. The lowest BCUT2D eigenvalue weighted by molar-refractivity contribution is -0.282. The van der Waals surface area contributed by atoms with Gasteiger partial charge in [0.1, 0.15) is 48.1 Å². The Morgan fingerprint density at radius 1 is 1.03 bits per heavy atom. The molecule has 4 rings (SSSR count). The molecule has 1 saturated heterocycles. The standard InChI is InChI=1S/C25H24O12/c1-33-13-4-2-12(3-5-13)16-11-34-17-8-14(6-7-15(17)21(16)30)35-25-24(37-20(29)9-19(27)28)23(32)22(31)18(10-26)36-25/h2-8,11,18,22-26,31-32H,9-10H2,1H3,(H,27,28)/t18-,22-,23+,24-,25-/m1/s1. The number of methoxy groups -OCH3 is 1. The number of carbonyl (C=O) groups is 2. The minimum absolute atomic E-state index is 0.0809. The fourth-order valence-corrected chi connectivity index (χ4v) is 3.88. The molecular weight excluding hydrogens is 492 g/mol. The predicted molar refractivity (Wildman–Crippen MR) is 125 cm³/mol. The Labute approximate surface area is 209 Å². The molecule has 12 nitrogen and oxygen atoms in total. The van der Waals surface area contributed by atoms with Crippen LogP contribution < -0.4 is 14.9 Å². The van der Waals surface area contributed by atoms with Gasteiger partial charge in [-0.1, -0.05) is 12.1 Å². The number of benzene rings is 2. The van der Waals surface area contributed by atoms with E-state index >= 15 is 0 Å². The summed E-state index contributed by atoms with van der Waals surface area (Å²) < 4.78 is 27.0. The van der Waals surface area contributed by atoms with Crippen molar-refractivity contribution in [3.63, 3.8) is 0 Å². The van der Waals surface area contributed by atoms with Crippen molar-refractivity contribution in [3.05, 3.63) is 59.0 Å². The number of hydrogen-bond acceptors (Lipinski definition) is 11. The highest BCUT2D eigenvalue weighted by Gasteiger charge is 2.48. The maximum absolute atomic E-state index is 13.1. The average molecular weight is 516 g/mol. The number of esters is 1. The van der Waals surface area contributed by atoms with E-state index in [4.69, 9.17) is 28.5 Å². The van der Waals surface area contributed by atoms with Gasteiger partial charge >= 0.3 is 11.9 Å². The van der Waals surface area contributed by atoms with Gasteiger partial charge in [0, 0.05) is 6.07 Å². The van der Waals surface area contributed by atoms with Gasteiger partial charge in [-0.3, -0.25) is 14.4 Å². The van der Waals surface area contributed by atoms with Crippen LogP contribution in [0.3, 0.4) is 0 Å². The van der Waals surface area contributed by atoms with E-state index < -0.39 is 55.7 Å². The van der Waals surface area contributed by atoms with E-state index in [2.05, 4.69) is 0 Å². The summed E-state index contributed by atoms with van der Waals surface area (Å²) in [6, 6.07) is 11.1. The molecule has 12 heteroatoms. The zero-order valence-corrected chi connectivity index (χ0v) is 19.5. The summed E-state index contributed by atoms with van der Waals surface area (Å²) in [4.78, 5) is 35.8. The number of fused-ring (bicyclic) bond motifs is 1. The van der Waals surface area contributed by atoms with Gasteiger partial charge in [-0.15, -0.1) is 0 Å². The molecule has 1 aromatic heterocycles. The van der Waals surface area contributed by atoms with Crippen LogP contribution in [0.25, 0.3) is 22.1 Å². The number of rotatable bonds is 8. The number of aliphatic hydroxyl groups excluding tert-OH is 3. The van der Waals surface area contributed by atoms with Crippen molar-refractivity contribution in [3.8, 4) is 22.6 Å². The summed E-state index contributed by atoms with van der Waals surface area (Å²) in [5, 5.41) is 39.1. The van der Waals surface area contributed by atoms with Gasteiger partial charge in [0.25, 0.3) is 0 Å². The van der Waals surface area contributed by atoms with Gasteiger partial charge in [-0.05, 0) is 29.8 Å². The summed E-state index contributed by atoms with van der Waals surface area (Å²) in [6.45, 7) is -0.686. The van der Waals surface area contributed by atoms with Gasteiger partial charge < -0.3 is 43.8 Å². The number of hydrogen-bond donors (Lipinski definition) is 4. The molecule has 0 amide bonds. The molecule has 0 bridgehead atoms. The lowest BCUT2D eigenvalue weighted by Crippen LogP contribution is -2.61. The molecule has 196 valence electrons. The molecule has 3 aromatic rings. The summed E-state index contributed by atoms with van der Waals surface area (Å²) >= 11 is 0. The first-order valence-electron chi connectivity index (χ1n) is 11.1. The van der Waals surface area contributed by atoms with E-state index in [1.165, 1.54) is 31.6 Å². The summed E-state index contributed by atoms with van der Waals surface area (Å²) in [5.74, 6) is -1.94. The van der Waals surface area contributed by atoms with Crippen LogP contribution in [-0.4, -0.2) is 76.8 Å². The van der Waals surface area contributed by atoms with E-state index in [1.807, 2.05) is 0 Å². The van der Waals surface area contributed by atoms with E-state index in [1.54, 1.807) is 24.3 Å². The van der Waals surface area contributed by atoms with Crippen molar-refractivity contribution in [2.75, 3.05) is 13.7 Å². The van der Waals surface area contributed by atoms with E-state index in [9.17, 15) is 29.7 Å². The number of aliphatic hydroxyl groups is 3. The third-order valence-corrected chi connectivity index (χ3v) is 5.79. The van der Waals surface area contributed by atoms with Gasteiger partial charge in [0.05, 0.1) is 24.7 Å². The number of carboxylic acids is 1. The van der Waals surface area contributed by atoms with Gasteiger partial charge in [0.15, 0.2) is 11.5 Å². The summed E-state index contributed by atoms with van der Waals surface area (Å²) in [7, 11) is 1.53. The van der Waals surface area contributed by atoms with E-state index in [0.717, 1.165) is 0 Å². The van der Waals surface area contributed by atoms with Gasteiger partial charge in [0.2, 0.25) is 6.29 Å². The highest BCUT2D eigenvalue weighted by molar-refractivity contribution is 5.90. The Kier molecular flexibility index (Phi) is 7.74. The second-order valence-corrected chi connectivity index (χ2v) is 8.21. The fraction of sp³-hybridized carbons (Fsp3) is 0.320. The molecule has 2 aromatic carbocycles. The first-order valence-corrected chi connectivity index (χ1v) is 11.1. The second-order valence-electron chi connectivity index (χ2n) is 8.21. The lowest BCUT2D eigenvalue weighted by atomic mass is 9.99. The first kappa shape index (κ1) is 26.1. The highest BCUT2D eigenvalue weighted by Crippen LogP contribution is 2.29. The van der Waals surface area contributed by atoms with Gasteiger partial charge in [-0.2, -0.15) is 0 Å². The molecule has 1 aliphatic rings. The van der Waals surface area contributed by atoms with Crippen LogP contribution in [0, 0.1) is 0 Å². The normalized spacial score (nSPS) is 23.4. The molecule has 4 N–H and O–H groups in total. The average Bonchev–Trinajstić information content (AvgIpc) is 2.88. The van der Waals surface area contributed by atoms with Crippen molar-refractivity contribution >= 4 is 22.9 Å². The SMILES string of the molecule is COc1ccc(-c2coc3cc(O[C@@H]4O[C@H](CO)[C@@H](O)[C@H](O)[C@H]4OC(=O)CC(=O)O)ccc3c2=O)cc1. The van der Waals surface area contributed by atoms with Gasteiger partial charge in [-0.25, -0.2) is 0 Å². The Bertz CT molecular complexity index is 1330. The molecular formula is C25H24O12. The van der Waals surface area contributed by atoms with Crippen LogP contribution in [0.15, 0.2) is 57.9 Å². The molecule has 0 radical (unpaired) electrons. The summed E-state index contributed by atoms with van der Waals surface area (Å²) in [5.41, 5.74) is 0.814. The zero-order valence-electron chi connectivity index (χ0n) is 19.5. The molecule has 0 unspecified atom stereocenters. The molecule has 0 aliphatic carbocycles. The zero-order chi connectivity index (χ0) is 26.7. The monoisotopic (exact) mass is 516 g/mol. The quantitative estimate of drug-likeness (QED) is 0.243. The van der Waals surface area contributed by atoms with Crippen LogP contribution >= 0.6 is 0 Å². The Morgan fingerprint density at radius 3 is 2.38 bits per heavy atom. The Hall–Kier alpha value is -3.97. The minimum atomic E-state index is -1.75. The third kappa shape index (κ3) is 5.57. The maximum atomic E-state index is 13.1. The molecule has 1 aliphatic heterocycles.